The SMILES string of the molecule is Cc1nc(NS(=O)(=O)c2ccc(C(C)(C)C)cc2)c(Oc2ccccc2[S+](C)[O-])c(OCCO)n1. The van der Waals surface area contributed by atoms with Crippen LogP contribution in [0.4, 0.5) is 5.82 Å². The van der Waals surface area contributed by atoms with Crippen molar-refractivity contribution in [1.29, 1.82) is 0 Å². The van der Waals surface area contributed by atoms with Crippen LogP contribution in [0, 0.1) is 6.92 Å². The molecule has 0 saturated carbocycles. The van der Waals surface area contributed by atoms with Crippen LogP contribution in [-0.2, 0) is 26.6 Å². The molecule has 0 saturated heterocycles. The lowest BCUT2D eigenvalue weighted by molar-refractivity contribution is 0.192. The van der Waals surface area contributed by atoms with Gasteiger partial charge in [-0.2, -0.15) is 4.98 Å². The molecule has 0 aliphatic heterocycles. The van der Waals surface area contributed by atoms with E-state index in [0.717, 1.165) is 5.56 Å². The summed E-state index contributed by atoms with van der Waals surface area (Å²) in [5.74, 6) is 0.117. The molecule has 0 bridgehead atoms. The molecule has 3 rings (SSSR count). The fraction of sp³-hybridized carbons (Fsp3) is 0.333. The van der Waals surface area contributed by atoms with Crippen LogP contribution in [0.15, 0.2) is 58.3 Å². The predicted octanol–water partition coefficient (Wildman–Crippen LogP) is 3.78. The van der Waals surface area contributed by atoms with Gasteiger partial charge in [-0.05, 0) is 53.3 Å². The lowest BCUT2D eigenvalue weighted by Gasteiger charge is -2.20. The van der Waals surface area contributed by atoms with Crippen LogP contribution in [0.3, 0.4) is 0 Å². The molecule has 1 unspecified atom stereocenters. The van der Waals surface area contributed by atoms with Gasteiger partial charge in [-0.25, -0.2) is 13.4 Å². The number of ether oxygens (including phenoxy) is 2. The van der Waals surface area contributed by atoms with Crippen LogP contribution in [0.5, 0.6) is 17.4 Å². The zero-order valence-corrected chi connectivity index (χ0v) is 21.9. The molecule has 1 heterocycles. The Labute approximate surface area is 208 Å². The van der Waals surface area contributed by atoms with Crippen molar-refractivity contribution in [3.8, 4) is 17.4 Å². The Morgan fingerprint density at radius 2 is 1.74 bits per heavy atom. The van der Waals surface area contributed by atoms with E-state index in [4.69, 9.17) is 9.47 Å². The molecule has 9 nitrogen and oxygen atoms in total. The second-order valence-corrected chi connectivity index (χ2v) is 11.7. The first kappa shape index (κ1) is 26.7. The fourth-order valence-electron chi connectivity index (χ4n) is 3.14. The summed E-state index contributed by atoms with van der Waals surface area (Å²) in [6, 6.07) is 13.2. The summed E-state index contributed by atoms with van der Waals surface area (Å²) in [5, 5.41) is 9.22. The molecule has 3 aromatic rings. The number of para-hydroxylation sites is 1. The van der Waals surface area contributed by atoms with Crippen molar-refractivity contribution >= 4 is 27.0 Å². The summed E-state index contributed by atoms with van der Waals surface area (Å²) in [6.45, 7) is 7.29. The molecule has 35 heavy (non-hydrogen) atoms. The largest absolute Gasteiger partial charge is 0.612 e. The Morgan fingerprint density at radius 3 is 2.34 bits per heavy atom. The number of rotatable bonds is 9. The van der Waals surface area contributed by atoms with E-state index in [0.29, 0.717) is 4.90 Å². The Bertz CT molecular complexity index is 1270. The molecule has 2 N–H and O–H groups in total. The van der Waals surface area contributed by atoms with Crippen molar-refractivity contribution in [3.63, 3.8) is 0 Å². The van der Waals surface area contributed by atoms with E-state index >= 15 is 0 Å². The third-order valence-corrected chi connectivity index (χ3v) is 7.22. The van der Waals surface area contributed by atoms with E-state index in [-0.39, 0.29) is 52.5 Å². The minimum Gasteiger partial charge on any atom is -0.612 e. The van der Waals surface area contributed by atoms with Crippen molar-refractivity contribution in [2.45, 2.75) is 42.9 Å². The highest BCUT2D eigenvalue weighted by molar-refractivity contribution is 7.92. The van der Waals surface area contributed by atoms with E-state index in [1.54, 1.807) is 43.3 Å². The molecule has 2 aromatic carbocycles. The minimum atomic E-state index is -4.06. The van der Waals surface area contributed by atoms with Crippen LogP contribution < -0.4 is 14.2 Å². The maximum Gasteiger partial charge on any atom is 0.263 e. The lowest BCUT2D eigenvalue weighted by atomic mass is 9.87. The van der Waals surface area contributed by atoms with Crippen molar-refractivity contribution in [2.24, 2.45) is 0 Å². The van der Waals surface area contributed by atoms with Crippen LogP contribution in [0.2, 0.25) is 0 Å². The van der Waals surface area contributed by atoms with E-state index in [9.17, 15) is 18.1 Å². The number of aryl methyl sites for hydroxylation is 1. The second kappa shape index (κ2) is 10.8. The summed E-state index contributed by atoms with van der Waals surface area (Å²) in [4.78, 5) is 8.88. The highest BCUT2D eigenvalue weighted by atomic mass is 32.2. The third kappa shape index (κ3) is 6.63. The Morgan fingerprint density at radius 1 is 1.09 bits per heavy atom. The maximum atomic E-state index is 13.2. The topological polar surface area (TPSA) is 134 Å². The molecular weight excluding hydrogens is 490 g/mol. The number of benzene rings is 2. The van der Waals surface area contributed by atoms with Gasteiger partial charge in [0.05, 0.1) is 11.5 Å². The van der Waals surface area contributed by atoms with Crippen LogP contribution in [0.25, 0.3) is 0 Å². The van der Waals surface area contributed by atoms with E-state index in [2.05, 4.69) is 14.7 Å². The molecule has 0 radical (unpaired) electrons. The molecule has 0 spiro atoms. The number of aliphatic hydroxyl groups is 1. The van der Waals surface area contributed by atoms with Crippen molar-refractivity contribution in [2.75, 3.05) is 24.2 Å². The maximum absolute atomic E-state index is 13.2. The average Bonchev–Trinajstić information content (AvgIpc) is 2.79. The quantitative estimate of drug-likeness (QED) is 0.408. The summed E-state index contributed by atoms with van der Waals surface area (Å²) < 4.78 is 52.6. The summed E-state index contributed by atoms with van der Waals surface area (Å²) in [7, 11) is -4.06. The Kier molecular flexibility index (Phi) is 8.26. The van der Waals surface area contributed by atoms with Crippen LogP contribution in [-0.4, -0.2) is 47.5 Å². The van der Waals surface area contributed by atoms with E-state index < -0.39 is 21.2 Å². The number of hydrogen-bond acceptors (Lipinski definition) is 8. The zero-order chi connectivity index (χ0) is 25.8. The van der Waals surface area contributed by atoms with Crippen molar-refractivity contribution in [1.82, 2.24) is 9.97 Å². The van der Waals surface area contributed by atoms with Crippen molar-refractivity contribution in [3.05, 3.63) is 59.9 Å². The molecule has 0 aliphatic rings. The van der Waals surface area contributed by atoms with Gasteiger partial charge in [-0.1, -0.05) is 45.0 Å². The summed E-state index contributed by atoms with van der Waals surface area (Å²) >= 11 is -1.38. The first-order chi connectivity index (χ1) is 16.4. The molecular formula is C24H29N3O6S2. The van der Waals surface area contributed by atoms with Gasteiger partial charge in [0.15, 0.2) is 16.5 Å². The number of aromatic nitrogens is 2. The first-order valence-corrected chi connectivity index (χ1v) is 13.8. The van der Waals surface area contributed by atoms with Gasteiger partial charge < -0.3 is 19.1 Å². The number of hydrogen-bond donors (Lipinski definition) is 2. The number of nitrogens with one attached hydrogen (secondary N) is 1. The number of aliphatic hydroxyl groups excluding tert-OH is 1. The van der Waals surface area contributed by atoms with Crippen LogP contribution >= 0.6 is 0 Å². The molecule has 1 atom stereocenters. The molecule has 0 fully saturated rings. The zero-order valence-electron chi connectivity index (χ0n) is 20.2. The first-order valence-electron chi connectivity index (χ1n) is 10.8. The highest BCUT2D eigenvalue weighted by Crippen LogP contribution is 2.39. The van der Waals surface area contributed by atoms with Gasteiger partial charge in [0.1, 0.15) is 18.7 Å². The van der Waals surface area contributed by atoms with Gasteiger partial charge in [-0.15, -0.1) is 0 Å². The van der Waals surface area contributed by atoms with E-state index in [1.165, 1.54) is 18.4 Å². The predicted molar refractivity (Wildman–Crippen MR) is 134 cm³/mol. The molecule has 188 valence electrons. The Hall–Kier alpha value is -2.86. The lowest BCUT2D eigenvalue weighted by Crippen LogP contribution is -2.17. The monoisotopic (exact) mass is 519 g/mol. The van der Waals surface area contributed by atoms with Gasteiger partial charge in [0, 0.05) is 0 Å². The number of nitrogens with zero attached hydrogens (tertiary/aromatic N) is 2. The highest BCUT2D eigenvalue weighted by Gasteiger charge is 2.25. The normalized spacial score (nSPS) is 12.8. The van der Waals surface area contributed by atoms with Crippen molar-refractivity contribution < 1.29 is 27.6 Å². The smallest absolute Gasteiger partial charge is 0.263 e. The minimum absolute atomic E-state index is 0.0422. The Balaban J connectivity index is 2.06. The molecule has 1 aromatic heterocycles. The molecule has 0 amide bonds. The standard InChI is InChI=1S/C24H29N3O6S2/c1-16-25-22(27-35(30,31)18-12-10-17(11-13-18)24(2,3)4)21(23(26-16)32-15-14-28)33-19-8-6-7-9-20(19)34(5)29/h6-13,28H,14-15H2,1-5H3,(H,25,26,27). The number of sulfonamides is 1. The average molecular weight is 520 g/mol. The summed E-state index contributed by atoms with van der Waals surface area (Å²) in [6.07, 6.45) is 1.50. The summed E-state index contributed by atoms with van der Waals surface area (Å²) in [5.41, 5.74) is 0.855. The van der Waals surface area contributed by atoms with Gasteiger partial charge in [0.2, 0.25) is 5.75 Å². The molecule has 0 aliphatic carbocycles. The molecule has 11 heteroatoms. The van der Waals surface area contributed by atoms with Gasteiger partial charge in [-0.3, -0.25) is 4.72 Å². The van der Waals surface area contributed by atoms with Crippen LogP contribution in [0.1, 0.15) is 32.2 Å². The second-order valence-electron chi connectivity index (χ2n) is 8.71. The van der Waals surface area contributed by atoms with E-state index in [1.807, 2.05) is 20.8 Å². The third-order valence-electron chi connectivity index (χ3n) is 4.91. The van der Waals surface area contributed by atoms with Gasteiger partial charge in [0.25, 0.3) is 15.9 Å². The fourth-order valence-corrected chi connectivity index (χ4v) is 4.81. The van der Waals surface area contributed by atoms with Gasteiger partial charge >= 0.3 is 0 Å². The number of anilines is 1.